The van der Waals surface area contributed by atoms with Crippen LogP contribution in [0.4, 0.5) is 0 Å². The van der Waals surface area contributed by atoms with Crippen molar-refractivity contribution in [3.05, 3.63) is 40.6 Å². The Bertz CT molecular complexity index is 645. The van der Waals surface area contributed by atoms with Crippen LogP contribution in [0.25, 0.3) is 5.69 Å². The number of aromatic nitrogens is 2. The second kappa shape index (κ2) is 6.23. The molecule has 0 fully saturated rings. The van der Waals surface area contributed by atoms with Gasteiger partial charge in [0.25, 0.3) is 0 Å². The molecule has 0 spiro atoms. The van der Waals surface area contributed by atoms with Crippen molar-refractivity contribution >= 4 is 33.7 Å². The number of benzene rings is 1. The first kappa shape index (κ1) is 16.1. The number of aliphatic carboxylic acids is 1. The molecule has 1 N–H and O–H groups in total. The van der Waals surface area contributed by atoms with E-state index in [2.05, 4.69) is 41.7 Å². The third-order valence-electron chi connectivity index (χ3n) is 2.91. The quantitative estimate of drug-likeness (QED) is 0.825. The molecule has 0 bridgehead atoms. The van der Waals surface area contributed by atoms with Gasteiger partial charge < -0.3 is 5.11 Å². The van der Waals surface area contributed by atoms with Gasteiger partial charge in [0.05, 0.1) is 11.9 Å². The van der Waals surface area contributed by atoms with Crippen molar-refractivity contribution in [1.29, 1.82) is 0 Å². The molecule has 0 aliphatic rings. The minimum Gasteiger partial charge on any atom is -0.481 e. The minimum absolute atomic E-state index is 0.00285. The topological polar surface area (TPSA) is 55.1 Å². The number of carbonyl (C=O) groups is 1. The fourth-order valence-corrected chi connectivity index (χ4v) is 2.91. The van der Waals surface area contributed by atoms with Gasteiger partial charge in [0.1, 0.15) is 0 Å². The van der Waals surface area contributed by atoms with Crippen molar-refractivity contribution in [3.63, 3.8) is 0 Å². The fraction of sp³-hybridized carbons (Fsp3) is 0.333. The summed E-state index contributed by atoms with van der Waals surface area (Å²) in [5, 5.41) is 9.57. The second-order valence-electron chi connectivity index (χ2n) is 5.67. The summed E-state index contributed by atoms with van der Waals surface area (Å²) in [5.74, 6) is -0.848. The van der Waals surface area contributed by atoms with Crippen LogP contribution in [-0.2, 0) is 10.2 Å². The predicted molar refractivity (Wildman–Crippen MR) is 88.3 cm³/mol. The molecule has 21 heavy (non-hydrogen) atoms. The first-order valence-corrected chi connectivity index (χ1v) is 8.25. The van der Waals surface area contributed by atoms with E-state index in [0.717, 1.165) is 15.9 Å². The summed E-state index contributed by atoms with van der Waals surface area (Å²) in [7, 11) is 0. The minimum atomic E-state index is -0.845. The number of carboxylic acid groups (broad SMARTS) is 1. The maximum Gasteiger partial charge on any atom is 0.313 e. The van der Waals surface area contributed by atoms with Crippen LogP contribution < -0.4 is 0 Å². The van der Waals surface area contributed by atoms with Gasteiger partial charge in [-0.05, 0) is 24.3 Å². The zero-order chi connectivity index (χ0) is 15.6. The Morgan fingerprint density at radius 2 is 1.95 bits per heavy atom. The largest absolute Gasteiger partial charge is 0.481 e. The average Bonchev–Trinajstić information content (AvgIpc) is 2.81. The highest BCUT2D eigenvalue weighted by molar-refractivity contribution is 9.10. The summed E-state index contributed by atoms with van der Waals surface area (Å²) in [6.45, 7) is 6.35. The lowest BCUT2D eigenvalue weighted by atomic mass is 9.92. The summed E-state index contributed by atoms with van der Waals surface area (Å²) >= 11 is 4.66. The number of nitrogens with zero attached hydrogens (tertiary/aromatic N) is 2. The SMILES string of the molecule is CC(C)(C)c1cnc(SCC(=O)O)n1-c1ccc(Br)cc1. The molecular formula is C15H17BrN2O2S. The van der Waals surface area contributed by atoms with Crippen LogP contribution >= 0.6 is 27.7 Å². The van der Waals surface area contributed by atoms with Gasteiger partial charge in [-0.15, -0.1) is 0 Å². The van der Waals surface area contributed by atoms with Crippen LogP contribution in [0, 0.1) is 0 Å². The molecule has 6 heteroatoms. The number of halogens is 1. The van der Waals surface area contributed by atoms with Gasteiger partial charge in [0, 0.05) is 21.3 Å². The van der Waals surface area contributed by atoms with Gasteiger partial charge in [0.15, 0.2) is 5.16 Å². The fourth-order valence-electron chi connectivity index (χ4n) is 1.93. The summed E-state index contributed by atoms with van der Waals surface area (Å²) in [4.78, 5) is 15.2. The number of rotatable bonds is 4. The van der Waals surface area contributed by atoms with Gasteiger partial charge in [0.2, 0.25) is 0 Å². The van der Waals surface area contributed by atoms with E-state index < -0.39 is 5.97 Å². The van der Waals surface area contributed by atoms with Gasteiger partial charge in [-0.25, -0.2) is 4.98 Å². The molecule has 1 aromatic heterocycles. The molecular weight excluding hydrogens is 352 g/mol. The monoisotopic (exact) mass is 368 g/mol. The van der Waals surface area contributed by atoms with E-state index in [1.54, 1.807) is 0 Å². The third kappa shape index (κ3) is 3.89. The molecule has 0 radical (unpaired) electrons. The molecule has 0 aliphatic carbocycles. The third-order valence-corrected chi connectivity index (χ3v) is 4.37. The van der Waals surface area contributed by atoms with Gasteiger partial charge in [-0.3, -0.25) is 9.36 Å². The van der Waals surface area contributed by atoms with Crippen molar-refractivity contribution in [3.8, 4) is 5.69 Å². The molecule has 2 rings (SSSR count). The molecule has 1 heterocycles. The number of imidazole rings is 1. The zero-order valence-electron chi connectivity index (χ0n) is 12.1. The van der Waals surface area contributed by atoms with Crippen molar-refractivity contribution in [2.45, 2.75) is 31.3 Å². The summed E-state index contributed by atoms with van der Waals surface area (Å²) in [6.07, 6.45) is 1.83. The van der Waals surface area contributed by atoms with E-state index in [1.807, 2.05) is 35.0 Å². The summed E-state index contributed by atoms with van der Waals surface area (Å²) < 4.78 is 3.03. The van der Waals surface area contributed by atoms with Crippen LogP contribution in [0.15, 0.2) is 40.1 Å². The van der Waals surface area contributed by atoms with E-state index >= 15 is 0 Å². The van der Waals surface area contributed by atoms with Gasteiger partial charge >= 0.3 is 5.97 Å². The summed E-state index contributed by atoms with van der Waals surface area (Å²) in [6, 6.07) is 7.92. The van der Waals surface area contributed by atoms with Crippen LogP contribution in [0.5, 0.6) is 0 Å². The Balaban J connectivity index is 2.50. The smallest absolute Gasteiger partial charge is 0.313 e. The lowest BCUT2D eigenvalue weighted by molar-refractivity contribution is -0.133. The second-order valence-corrected chi connectivity index (χ2v) is 7.53. The molecule has 0 aliphatic heterocycles. The highest BCUT2D eigenvalue weighted by Crippen LogP contribution is 2.31. The van der Waals surface area contributed by atoms with Crippen molar-refractivity contribution in [2.24, 2.45) is 0 Å². The lowest BCUT2D eigenvalue weighted by Gasteiger charge is -2.21. The highest BCUT2D eigenvalue weighted by atomic mass is 79.9. The number of hydrogen-bond acceptors (Lipinski definition) is 3. The van der Waals surface area contributed by atoms with Crippen molar-refractivity contribution < 1.29 is 9.90 Å². The molecule has 4 nitrogen and oxygen atoms in total. The molecule has 0 atom stereocenters. The Kier molecular flexibility index (Phi) is 4.78. The standard InChI is InChI=1S/C15H17BrN2O2S/c1-15(2,3)12-8-17-14(21-9-13(19)20)18(12)11-6-4-10(16)5-7-11/h4-8H,9H2,1-3H3,(H,19,20). The van der Waals surface area contributed by atoms with E-state index in [4.69, 9.17) is 5.11 Å². The molecule has 0 amide bonds. The van der Waals surface area contributed by atoms with E-state index in [1.165, 1.54) is 11.8 Å². The highest BCUT2D eigenvalue weighted by Gasteiger charge is 2.23. The molecule has 0 saturated heterocycles. The summed E-state index contributed by atoms with van der Waals surface area (Å²) in [5.41, 5.74) is 1.95. The van der Waals surface area contributed by atoms with Gasteiger partial charge in [-0.2, -0.15) is 0 Å². The number of hydrogen-bond donors (Lipinski definition) is 1. The molecule has 0 saturated carbocycles. The van der Waals surface area contributed by atoms with Crippen LogP contribution in [0.2, 0.25) is 0 Å². The maximum absolute atomic E-state index is 10.8. The molecule has 112 valence electrons. The maximum atomic E-state index is 10.8. The van der Waals surface area contributed by atoms with Crippen molar-refractivity contribution in [2.75, 3.05) is 5.75 Å². The van der Waals surface area contributed by atoms with Gasteiger partial charge in [-0.1, -0.05) is 48.5 Å². The number of carboxylic acids is 1. The van der Waals surface area contributed by atoms with E-state index in [0.29, 0.717) is 5.16 Å². The van der Waals surface area contributed by atoms with E-state index in [-0.39, 0.29) is 11.2 Å². The Labute approximate surface area is 136 Å². The van der Waals surface area contributed by atoms with Crippen molar-refractivity contribution in [1.82, 2.24) is 9.55 Å². The molecule has 1 aromatic carbocycles. The predicted octanol–water partition coefficient (Wildman–Crippen LogP) is 4.11. The molecule has 0 unspecified atom stereocenters. The Morgan fingerprint density at radius 3 is 2.48 bits per heavy atom. The van der Waals surface area contributed by atoms with Crippen LogP contribution in [0.1, 0.15) is 26.5 Å². The normalized spacial score (nSPS) is 11.6. The Hall–Kier alpha value is -1.27. The first-order chi connectivity index (χ1) is 9.79. The first-order valence-electron chi connectivity index (χ1n) is 6.48. The lowest BCUT2D eigenvalue weighted by Crippen LogP contribution is -2.17. The van der Waals surface area contributed by atoms with E-state index in [9.17, 15) is 4.79 Å². The average molecular weight is 369 g/mol. The van der Waals surface area contributed by atoms with Crippen LogP contribution in [0.3, 0.4) is 0 Å². The zero-order valence-corrected chi connectivity index (χ0v) is 14.5. The Morgan fingerprint density at radius 1 is 1.33 bits per heavy atom. The van der Waals surface area contributed by atoms with Crippen LogP contribution in [-0.4, -0.2) is 26.4 Å². The molecule has 2 aromatic rings. The number of thioether (sulfide) groups is 1.